The van der Waals surface area contributed by atoms with Crippen molar-refractivity contribution < 1.29 is 37.6 Å². The Morgan fingerprint density at radius 2 is 1.04 bits per heavy atom. The van der Waals surface area contributed by atoms with E-state index in [0.29, 0.717) is 12.8 Å². The fraction of sp³-hybridized carbons (Fsp3) is 0.805. The van der Waals surface area contributed by atoms with Crippen LogP contribution in [0.2, 0.25) is 0 Å². The van der Waals surface area contributed by atoms with Crippen molar-refractivity contribution in [2.75, 3.05) is 26.4 Å². The van der Waals surface area contributed by atoms with Gasteiger partial charge in [-0.05, 0) is 64.2 Å². The predicted octanol–water partition coefficient (Wildman–Crippen LogP) is 11.4. The van der Waals surface area contributed by atoms with Crippen molar-refractivity contribution in [2.45, 2.75) is 187 Å². The van der Waals surface area contributed by atoms with Crippen molar-refractivity contribution in [1.82, 2.24) is 0 Å². The molecule has 0 heterocycles. The number of nitrogens with two attached hydrogens (primary N) is 1. The second kappa shape index (κ2) is 38.0. The third-order valence-corrected chi connectivity index (χ3v) is 9.48. The van der Waals surface area contributed by atoms with Crippen LogP contribution in [-0.4, -0.2) is 49.3 Å². The van der Waals surface area contributed by atoms with Crippen molar-refractivity contribution in [3.8, 4) is 0 Å². The lowest BCUT2D eigenvalue weighted by molar-refractivity contribution is -0.161. The number of carbonyl (C=O) groups excluding carboxylic acids is 2. The number of phosphoric acid groups is 1. The fourth-order valence-electron chi connectivity index (χ4n) is 5.43. The standard InChI is InChI=1S/C41H76NO8P/c1-3-5-7-9-11-13-15-17-18-19-20-22-23-25-27-29-31-33-40(43)47-37-39(38-49-51(45,46)48-36-35-42)50-41(44)34-32-30-28-26-24-21-16-14-12-10-8-6-4-2/h20-22,24-25,27,39H,3-19,23,26,28-38,42H2,1-2H3,(H,45,46)/b22-20+,24-21+,27-25+/t39-/m1/s1. The molecule has 0 aliphatic rings. The highest BCUT2D eigenvalue weighted by molar-refractivity contribution is 7.47. The first-order valence-electron chi connectivity index (χ1n) is 20.5. The molecule has 0 saturated carbocycles. The zero-order chi connectivity index (χ0) is 37.5. The van der Waals surface area contributed by atoms with Crippen LogP contribution < -0.4 is 5.73 Å². The summed E-state index contributed by atoms with van der Waals surface area (Å²) in [5, 5.41) is 0. The van der Waals surface area contributed by atoms with Crippen LogP contribution in [0.1, 0.15) is 181 Å². The molecule has 298 valence electrons. The maximum atomic E-state index is 12.5. The molecule has 0 radical (unpaired) electrons. The second-order valence-corrected chi connectivity index (χ2v) is 14.9. The molecule has 10 heteroatoms. The Morgan fingerprint density at radius 1 is 0.588 bits per heavy atom. The van der Waals surface area contributed by atoms with Gasteiger partial charge in [0.2, 0.25) is 0 Å². The van der Waals surface area contributed by atoms with Crippen molar-refractivity contribution in [1.29, 1.82) is 0 Å². The van der Waals surface area contributed by atoms with E-state index < -0.39 is 32.5 Å². The molecule has 51 heavy (non-hydrogen) atoms. The Labute approximate surface area is 312 Å². The Morgan fingerprint density at radius 3 is 1.57 bits per heavy atom. The summed E-state index contributed by atoms with van der Waals surface area (Å²) in [6, 6.07) is 0. The van der Waals surface area contributed by atoms with Crippen molar-refractivity contribution >= 4 is 19.8 Å². The minimum atomic E-state index is -4.38. The molecule has 0 fully saturated rings. The molecular weight excluding hydrogens is 665 g/mol. The van der Waals surface area contributed by atoms with E-state index in [1.165, 1.54) is 96.3 Å². The number of phosphoric ester groups is 1. The van der Waals surface area contributed by atoms with Crippen LogP contribution in [-0.2, 0) is 32.7 Å². The monoisotopic (exact) mass is 742 g/mol. The van der Waals surface area contributed by atoms with E-state index in [1.54, 1.807) is 0 Å². The minimum Gasteiger partial charge on any atom is -0.462 e. The van der Waals surface area contributed by atoms with Gasteiger partial charge in [-0.15, -0.1) is 0 Å². The van der Waals surface area contributed by atoms with Gasteiger partial charge in [0.25, 0.3) is 0 Å². The smallest absolute Gasteiger partial charge is 0.462 e. The molecule has 0 aromatic heterocycles. The van der Waals surface area contributed by atoms with Gasteiger partial charge in [-0.1, -0.05) is 140 Å². The highest BCUT2D eigenvalue weighted by atomic mass is 31.2. The van der Waals surface area contributed by atoms with Gasteiger partial charge in [0.1, 0.15) is 6.61 Å². The van der Waals surface area contributed by atoms with Crippen LogP contribution in [0, 0.1) is 0 Å². The van der Waals surface area contributed by atoms with Crippen LogP contribution in [0.15, 0.2) is 36.5 Å². The summed E-state index contributed by atoms with van der Waals surface area (Å²) < 4.78 is 32.6. The molecule has 0 aliphatic carbocycles. The predicted molar refractivity (Wildman–Crippen MR) is 210 cm³/mol. The molecular formula is C41H76NO8P. The third kappa shape index (κ3) is 37.8. The van der Waals surface area contributed by atoms with E-state index in [4.69, 9.17) is 24.3 Å². The summed E-state index contributed by atoms with van der Waals surface area (Å²) in [6.07, 6.45) is 40.4. The number of ether oxygens (including phenoxy) is 2. The number of carbonyl (C=O) groups is 2. The first-order chi connectivity index (χ1) is 24.8. The SMILES string of the molecule is CCCCCCCC/C=C/CCCCCC(=O)O[C@H](COC(=O)CCC/C=C/C/C=C/CCCCCCCCCCC)COP(=O)(O)OCCN. The van der Waals surface area contributed by atoms with Crippen LogP contribution in [0.4, 0.5) is 0 Å². The summed E-state index contributed by atoms with van der Waals surface area (Å²) in [6.45, 7) is 3.65. The van der Waals surface area contributed by atoms with Gasteiger partial charge in [0, 0.05) is 19.4 Å². The van der Waals surface area contributed by atoms with Crippen LogP contribution in [0.3, 0.4) is 0 Å². The van der Waals surface area contributed by atoms with Crippen LogP contribution >= 0.6 is 7.82 Å². The van der Waals surface area contributed by atoms with E-state index in [2.05, 4.69) is 50.3 Å². The van der Waals surface area contributed by atoms with Gasteiger partial charge in [0.05, 0.1) is 13.2 Å². The molecule has 3 N–H and O–H groups in total. The van der Waals surface area contributed by atoms with Gasteiger partial charge < -0.3 is 20.1 Å². The van der Waals surface area contributed by atoms with Crippen molar-refractivity contribution in [2.24, 2.45) is 5.73 Å². The molecule has 0 aromatic carbocycles. The Bertz CT molecular complexity index is 939. The average Bonchev–Trinajstić information content (AvgIpc) is 3.11. The third-order valence-electron chi connectivity index (χ3n) is 8.50. The Balaban J connectivity index is 4.26. The number of esters is 2. The van der Waals surface area contributed by atoms with E-state index in [-0.39, 0.29) is 32.6 Å². The molecule has 2 atom stereocenters. The quantitative estimate of drug-likeness (QED) is 0.0274. The lowest BCUT2D eigenvalue weighted by Crippen LogP contribution is -2.29. The summed E-state index contributed by atoms with van der Waals surface area (Å²) in [5.74, 6) is -0.900. The zero-order valence-corrected chi connectivity index (χ0v) is 33.5. The highest BCUT2D eigenvalue weighted by Crippen LogP contribution is 2.43. The molecule has 0 aliphatic heterocycles. The molecule has 9 nitrogen and oxygen atoms in total. The normalized spacial score (nSPS) is 13.7. The van der Waals surface area contributed by atoms with Crippen molar-refractivity contribution in [3.05, 3.63) is 36.5 Å². The second-order valence-electron chi connectivity index (χ2n) is 13.5. The number of allylic oxidation sites excluding steroid dienone is 6. The number of hydrogen-bond donors (Lipinski definition) is 2. The summed E-state index contributed by atoms with van der Waals surface area (Å²) in [5.41, 5.74) is 5.33. The molecule has 0 amide bonds. The molecule has 0 saturated heterocycles. The van der Waals surface area contributed by atoms with Gasteiger partial charge in [-0.3, -0.25) is 18.6 Å². The molecule has 1 unspecified atom stereocenters. The lowest BCUT2D eigenvalue weighted by atomic mass is 10.1. The Hall–Kier alpha value is -1.77. The number of unbranched alkanes of at least 4 members (excludes halogenated alkanes) is 19. The summed E-state index contributed by atoms with van der Waals surface area (Å²) >= 11 is 0. The van der Waals surface area contributed by atoms with Gasteiger partial charge in [0.15, 0.2) is 6.10 Å². The van der Waals surface area contributed by atoms with Gasteiger partial charge in [-0.2, -0.15) is 0 Å². The summed E-state index contributed by atoms with van der Waals surface area (Å²) in [4.78, 5) is 34.7. The van der Waals surface area contributed by atoms with Gasteiger partial charge in [-0.25, -0.2) is 4.57 Å². The molecule has 0 bridgehead atoms. The average molecular weight is 742 g/mol. The summed E-state index contributed by atoms with van der Waals surface area (Å²) in [7, 11) is -4.38. The largest absolute Gasteiger partial charge is 0.472 e. The van der Waals surface area contributed by atoms with E-state index in [1.807, 2.05) is 0 Å². The number of hydrogen-bond acceptors (Lipinski definition) is 8. The topological polar surface area (TPSA) is 134 Å². The molecule has 0 rings (SSSR count). The van der Waals surface area contributed by atoms with Crippen molar-refractivity contribution in [3.63, 3.8) is 0 Å². The van der Waals surface area contributed by atoms with Gasteiger partial charge >= 0.3 is 19.8 Å². The zero-order valence-electron chi connectivity index (χ0n) is 32.6. The lowest BCUT2D eigenvalue weighted by Gasteiger charge is -2.19. The maximum absolute atomic E-state index is 12.5. The first-order valence-corrected chi connectivity index (χ1v) is 22.0. The minimum absolute atomic E-state index is 0.0458. The molecule has 0 spiro atoms. The Kier molecular flexibility index (Phi) is 36.7. The van der Waals surface area contributed by atoms with Crippen LogP contribution in [0.25, 0.3) is 0 Å². The van der Waals surface area contributed by atoms with E-state index in [9.17, 15) is 19.0 Å². The highest BCUT2D eigenvalue weighted by Gasteiger charge is 2.25. The van der Waals surface area contributed by atoms with E-state index in [0.717, 1.165) is 44.9 Å². The maximum Gasteiger partial charge on any atom is 0.472 e. The first kappa shape index (κ1) is 49.2. The van der Waals surface area contributed by atoms with Crippen LogP contribution in [0.5, 0.6) is 0 Å². The molecule has 0 aromatic rings. The fourth-order valence-corrected chi connectivity index (χ4v) is 6.20. The number of rotatable bonds is 38. The van der Waals surface area contributed by atoms with E-state index >= 15 is 0 Å².